The minimum absolute atomic E-state index is 0.401. The van der Waals surface area contributed by atoms with Gasteiger partial charge in [-0.05, 0) is 19.1 Å². The van der Waals surface area contributed by atoms with E-state index in [2.05, 4.69) is 11.9 Å². The first kappa shape index (κ1) is 17.4. The molecule has 0 saturated carbocycles. The molecule has 0 heterocycles. The molecular formula is C19H22ClNO2. The molecule has 4 heteroatoms. The predicted molar refractivity (Wildman–Crippen MR) is 95.3 cm³/mol. The Hall–Kier alpha value is -1.97. The van der Waals surface area contributed by atoms with Crippen molar-refractivity contribution in [2.45, 2.75) is 20.1 Å². The second-order valence-electron chi connectivity index (χ2n) is 4.98. The van der Waals surface area contributed by atoms with E-state index in [0.717, 1.165) is 29.2 Å². The summed E-state index contributed by atoms with van der Waals surface area (Å²) in [6, 6.07) is 13.6. The maximum atomic E-state index is 6.20. The first-order valence-electron chi connectivity index (χ1n) is 7.68. The molecule has 0 radical (unpaired) electrons. The number of hydrogen-bond acceptors (Lipinski definition) is 3. The summed E-state index contributed by atoms with van der Waals surface area (Å²) in [6.07, 6.45) is 1.83. The lowest BCUT2D eigenvalue weighted by atomic mass is 10.1. The zero-order valence-electron chi connectivity index (χ0n) is 13.3. The van der Waals surface area contributed by atoms with Gasteiger partial charge in [-0.3, -0.25) is 0 Å². The lowest BCUT2D eigenvalue weighted by molar-refractivity contribution is 0.266. The predicted octanol–water partition coefficient (Wildman–Crippen LogP) is 4.59. The summed E-state index contributed by atoms with van der Waals surface area (Å²) in [7, 11) is 0. The fourth-order valence-electron chi connectivity index (χ4n) is 2.21. The molecule has 0 saturated heterocycles. The SMILES string of the molecule is C=CCNCc1cccc(OCC)c1OCc1ccccc1Cl. The smallest absolute Gasteiger partial charge is 0.166 e. The van der Waals surface area contributed by atoms with Gasteiger partial charge in [0.25, 0.3) is 0 Å². The number of ether oxygens (including phenoxy) is 2. The standard InChI is InChI=1S/C19H22ClNO2/c1-3-12-21-13-15-9-7-11-18(22-4-2)19(15)23-14-16-8-5-6-10-17(16)20/h3,5-11,21H,1,4,12-14H2,2H3. The van der Waals surface area contributed by atoms with E-state index < -0.39 is 0 Å². The highest BCUT2D eigenvalue weighted by Gasteiger charge is 2.12. The number of para-hydroxylation sites is 1. The lowest BCUT2D eigenvalue weighted by Gasteiger charge is -2.16. The van der Waals surface area contributed by atoms with Gasteiger partial charge in [-0.15, -0.1) is 6.58 Å². The Morgan fingerprint density at radius 1 is 1.09 bits per heavy atom. The van der Waals surface area contributed by atoms with Crippen molar-refractivity contribution in [2.75, 3.05) is 13.2 Å². The van der Waals surface area contributed by atoms with E-state index in [1.165, 1.54) is 0 Å². The van der Waals surface area contributed by atoms with E-state index in [9.17, 15) is 0 Å². The van der Waals surface area contributed by atoms with Crippen LogP contribution in [0.4, 0.5) is 0 Å². The molecule has 2 rings (SSSR count). The summed E-state index contributed by atoms with van der Waals surface area (Å²) in [4.78, 5) is 0. The Morgan fingerprint density at radius 2 is 1.87 bits per heavy atom. The summed E-state index contributed by atoms with van der Waals surface area (Å²) in [5.41, 5.74) is 2.00. The van der Waals surface area contributed by atoms with Crippen LogP contribution in [0.25, 0.3) is 0 Å². The molecule has 23 heavy (non-hydrogen) atoms. The highest BCUT2D eigenvalue weighted by Crippen LogP contribution is 2.32. The van der Waals surface area contributed by atoms with E-state index in [1.807, 2.05) is 55.5 Å². The normalized spacial score (nSPS) is 10.3. The van der Waals surface area contributed by atoms with Gasteiger partial charge < -0.3 is 14.8 Å². The van der Waals surface area contributed by atoms with Crippen LogP contribution < -0.4 is 14.8 Å². The van der Waals surface area contributed by atoms with Crippen LogP contribution in [0.1, 0.15) is 18.1 Å². The summed E-state index contributed by atoms with van der Waals surface area (Å²) >= 11 is 6.20. The number of halogens is 1. The fraction of sp³-hybridized carbons (Fsp3) is 0.263. The molecule has 2 aromatic carbocycles. The average Bonchev–Trinajstić information content (AvgIpc) is 2.56. The van der Waals surface area contributed by atoms with Crippen molar-refractivity contribution in [2.24, 2.45) is 0 Å². The molecule has 0 fully saturated rings. The molecule has 0 aromatic heterocycles. The Balaban J connectivity index is 2.19. The second kappa shape index (κ2) is 9.23. The molecule has 0 spiro atoms. The molecule has 3 nitrogen and oxygen atoms in total. The Bertz CT molecular complexity index is 643. The van der Waals surface area contributed by atoms with Crippen molar-refractivity contribution in [3.8, 4) is 11.5 Å². The number of hydrogen-bond donors (Lipinski definition) is 1. The maximum Gasteiger partial charge on any atom is 0.166 e. The molecule has 0 amide bonds. The van der Waals surface area contributed by atoms with E-state index >= 15 is 0 Å². The summed E-state index contributed by atoms with van der Waals surface area (Å²) < 4.78 is 11.7. The monoisotopic (exact) mass is 331 g/mol. The molecule has 0 atom stereocenters. The van der Waals surface area contributed by atoms with Gasteiger partial charge in [-0.1, -0.05) is 48.0 Å². The number of rotatable bonds is 9. The van der Waals surface area contributed by atoms with Crippen molar-refractivity contribution in [1.29, 1.82) is 0 Å². The van der Waals surface area contributed by atoms with Crippen molar-refractivity contribution >= 4 is 11.6 Å². The van der Waals surface area contributed by atoms with Gasteiger partial charge in [0.15, 0.2) is 11.5 Å². The van der Waals surface area contributed by atoms with Crippen molar-refractivity contribution in [3.05, 3.63) is 71.3 Å². The minimum Gasteiger partial charge on any atom is -0.490 e. The third-order valence-electron chi connectivity index (χ3n) is 3.29. The van der Waals surface area contributed by atoms with Gasteiger partial charge in [0.05, 0.1) is 6.61 Å². The van der Waals surface area contributed by atoms with Crippen LogP contribution in [0.3, 0.4) is 0 Å². The van der Waals surface area contributed by atoms with Gasteiger partial charge in [0.1, 0.15) is 6.61 Å². The Morgan fingerprint density at radius 3 is 2.61 bits per heavy atom. The molecule has 122 valence electrons. The molecule has 0 aliphatic heterocycles. The molecule has 2 aromatic rings. The third-order valence-corrected chi connectivity index (χ3v) is 3.66. The van der Waals surface area contributed by atoms with Crippen LogP contribution in [0, 0.1) is 0 Å². The summed E-state index contributed by atoms with van der Waals surface area (Å²) in [6.45, 7) is 8.09. The van der Waals surface area contributed by atoms with E-state index in [-0.39, 0.29) is 0 Å². The second-order valence-corrected chi connectivity index (χ2v) is 5.38. The van der Waals surface area contributed by atoms with Crippen molar-refractivity contribution in [3.63, 3.8) is 0 Å². The van der Waals surface area contributed by atoms with Gasteiger partial charge >= 0.3 is 0 Å². The number of nitrogens with one attached hydrogen (secondary N) is 1. The third kappa shape index (κ3) is 5.02. The van der Waals surface area contributed by atoms with Crippen LogP contribution in [0.5, 0.6) is 11.5 Å². The molecule has 0 aliphatic carbocycles. The van der Waals surface area contributed by atoms with Crippen LogP contribution in [-0.4, -0.2) is 13.2 Å². The number of benzene rings is 2. The first-order chi connectivity index (χ1) is 11.3. The quantitative estimate of drug-likeness (QED) is 0.538. The van der Waals surface area contributed by atoms with Gasteiger partial charge in [-0.2, -0.15) is 0 Å². The summed E-state index contributed by atoms with van der Waals surface area (Å²) in [5.74, 6) is 1.50. The van der Waals surface area contributed by atoms with Crippen LogP contribution >= 0.6 is 11.6 Å². The highest BCUT2D eigenvalue weighted by atomic mass is 35.5. The fourth-order valence-corrected chi connectivity index (χ4v) is 2.40. The molecular weight excluding hydrogens is 310 g/mol. The van der Waals surface area contributed by atoms with Crippen molar-refractivity contribution < 1.29 is 9.47 Å². The minimum atomic E-state index is 0.401. The molecule has 1 N–H and O–H groups in total. The first-order valence-corrected chi connectivity index (χ1v) is 8.06. The Labute approximate surface area is 142 Å². The van der Waals surface area contributed by atoms with Crippen LogP contribution in [0.2, 0.25) is 5.02 Å². The van der Waals surface area contributed by atoms with Gasteiger partial charge in [0.2, 0.25) is 0 Å². The Kier molecular flexibility index (Phi) is 6.98. The molecule has 0 unspecified atom stereocenters. The molecule has 0 bridgehead atoms. The summed E-state index contributed by atoms with van der Waals surface area (Å²) in [5, 5.41) is 3.99. The van der Waals surface area contributed by atoms with E-state index in [4.69, 9.17) is 21.1 Å². The van der Waals surface area contributed by atoms with Gasteiger partial charge in [-0.25, -0.2) is 0 Å². The average molecular weight is 332 g/mol. The van der Waals surface area contributed by atoms with Gasteiger partial charge in [0, 0.05) is 29.2 Å². The molecule has 0 aliphatic rings. The zero-order valence-corrected chi connectivity index (χ0v) is 14.1. The topological polar surface area (TPSA) is 30.5 Å². The van der Waals surface area contributed by atoms with Crippen LogP contribution in [-0.2, 0) is 13.2 Å². The maximum absolute atomic E-state index is 6.20. The van der Waals surface area contributed by atoms with Crippen LogP contribution in [0.15, 0.2) is 55.1 Å². The lowest BCUT2D eigenvalue weighted by Crippen LogP contribution is -2.14. The van der Waals surface area contributed by atoms with E-state index in [0.29, 0.717) is 24.8 Å². The van der Waals surface area contributed by atoms with E-state index in [1.54, 1.807) is 0 Å². The zero-order chi connectivity index (χ0) is 16.5. The van der Waals surface area contributed by atoms with Crippen molar-refractivity contribution in [1.82, 2.24) is 5.32 Å². The highest BCUT2D eigenvalue weighted by molar-refractivity contribution is 6.31. The largest absolute Gasteiger partial charge is 0.490 e.